The van der Waals surface area contributed by atoms with E-state index in [1.54, 1.807) is 24.3 Å². The van der Waals surface area contributed by atoms with E-state index in [1.165, 1.54) is 5.56 Å². The van der Waals surface area contributed by atoms with Crippen molar-refractivity contribution in [2.75, 3.05) is 6.61 Å². The van der Waals surface area contributed by atoms with Crippen LogP contribution in [0.2, 0.25) is 0 Å². The molecule has 0 spiro atoms. The number of carbonyl (C=O) groups is 2. The van der Waals surface area contributed by atoms with E-state index in [4.69, 9.17) is 10.5 Å². The quantitative estimate of drug-likeness (QED) is 0.448. The zero-order valence-corrected chi connectivity index (χ0v) is 18.4. The Morgan fingerprint density at radius 1 is 0.970 bits per heavy atom. The fourth-order valence-corrected chi connectivity index (χ4v) is 3.74. The summed E-state index contributed by atoms with van der Waals surface area (Å²) in [6.45, 7) is 0.681. The number of carbonyl (C=O) groups excluding carboxylic acids is 2. The van der Waals surface area contributed by atoms with Gasteiger partial charge in [-0.1, -0.05) is 60.7 Å². The summed E-state index contributed by atoms with van der Waals surface area (Å²) in [5.41, 5.74) is 8.63. The molecule has 1 fully saturated rings. The van der Waals surface area contributed by atoms with Crippen molar-refractivity contribution in [2.24, 2.45) is 5.73 Å². The van der Waals surface area contributed by atoms with Crippen LogP contribution in [0.5, 0.6) is 5.75 Å². The van der Waals surface area contributed by atoms with Gasteiger partial charge >= 0.3 is 0 Å². The molecule has 3 atom stereocenters. The Kier molecular flexibility index (Phi) is 7.37. The normalized spacial score (nSPS) is 17.6. The van der Waals surface area contributed by atoms with Crippen molar-refractivity contribution >= 4 is 11.8 Å². The van der Waals surface area contributed by atoms with E-state index in [9.17, 15) is 9.59 Å². The third-order valence-corrected chi connectivity index (χ3v) is 5.77. The molecule has 4 rings (SSSR count). The van der Waals surface area contributed by atoms with Crippen LogP contribution in [0.4, 0.5) is 0 Å². The molecule has 1 unspecified atom stereocenters. The molecular weight excluding hydrogens is 414 g/mol. The summed E-state index contributed by atoms with van der Waals surface area (Å²) in [7, 11) is 0. The lowest BCUT2D eigenvalue weighted by Gasteiger charge is -2.19. The van der Waals surface area contributed by atoms with Gasteiger partial charge in [0.2, 0.25) is 5.91 Å². The van der Waals surface area contributed by atoms with Crippen LogP contribution in [-0.2, 0) is 11.3 Å². The van der Waals surface area contributed by atoms with Crippen molar-refractivity contribution in [2.45, 2.75) is 37.4 Å². The van der Waals surface area contributed by atoms with E-state index >= 15 is 0 Å². The number of amides is 2. The standard InChI is InChI=1S/C27H29N3O3/c28-24-17-23(24)21-12-7-13-22(16-21)33-15-14-25(30-26(31)20-10-5-2-6-11-20)27(32)29-18-19-8-3-1-4-9-19/h1-13,16,23-25H,14-15,17-18,28H2,(H,29,32)(H,30,31)/t23-,24+,25?/m0/s1. The van der Waals surface area contributed by atoms with E-state index in [0.717, 1.165) is 17.7 Å². The van der Waals surface area contributed by atoms with Crippen LogP contribution in [0.1, 0.15) is 40.2 Å². The maximum absolute atomic E-state index is 12.9. The van der Waals surface area contributed by atoms with Gasteiger partial charge in [0.15, 0.2) is 0 Å². The Bertz CT molecular complexity index is 1070. The van der Waals surface area contributed by atoms with Gasteiger partial charge in [-0.3, -0.25) is 9.59 Å². The molecule has 0 aromatic heterocycles. The first-order valence-electron chi connectivity index (χ1n) is 11.3. The van der Waals surface area contributed by atoms with Crippen LogP contribution >= 0.6 is 0 Å². The molecule has 0 radical (unpaired) electrons. The number of nitrogens with one attached hydrogen (secondary N) is 2. The zero-order chi connectivity index (χ0) is 23.0. The monoisotopic (exact) mass is 443 g/mol. The third kappa shape index (κ3) is 6.43. The van der Waals surface area contributed by atoms with Crippen molar-refractivity contribution in [1.82, 2.24) is 10.6 Å². The van der Waals surface area contributed by atoms with Crippen molar-refractivity contribution in [3.63, 3.8) is 0 Å². The number of rotatable bonds is 10. The van der Waals surface area contributed by atoms with E-state index in [-0.39, 0.29) is 17.9 Å². The van der Waals surface area contributed by atoms with Crippen LogP contribution < -0.4 is 21.1 Å². The molecule has 1 saturated carbocycles. The average molecular weight is 444 g/mol. The summed E-state index contributed by atoms with van der Waals surface area (Å²) in [5.74, 6) is 0.601. The fraction of sp³-hybridized carbons (Fsp3) is 0.259. The molecule has 0 heterocycles. The number of ether oxygens (including phenoxy) is 1. The van der Waals surface area contributed by atoms with E-state index in [0.29, 0.717) is 31.1 Å². The molecule has 6 nitrogen and oxygen atoms in total. The van der Waals surface area contributed by atoms with Crippen molar-refractivity contribution in [3.8, 4) is 5.75 Å². The Morgan fingerprint density at radius 2 is 1.67 bits per heavy atom. The molecule has 6 heteroatoms. The second-order valence-corrected chi connectivity index (χ2v) is 8.31. The van der Waals surface area contributed by atoms with Crippen LogP contribution in [-0.4, -0.2) is 30.5 Å². The first-order valence-corrected chi connectivity index (χ1v) is 11.3. The maximum atomic E-state index is 12.9. The Morgan fingerprint density at radius 3 is 2.36 bits per heavy atom. The summed E-state index contributed by atoms with van der Waals surface area (Å²) in [6.07, 6.45) is 1.34. The molecular formula is C27H29N3O3. The van der Waals surface area contributed by atoms with Crippen molar-refractivity contribution in [1.29, 1.82) is 0 Å². The summed E-state index contributed by atoms with van der Waals surface area (Å²) < 4.78 is 5.92. The molecule has 3 aromatic carbocycles. The topological polar surface area (TPSA) is 93.4 Å². The summed E-state index contributed by atoms with van der Waals surface area (Å²) in [5, 5.41) is 5.77. The lowest BCUT2D eigenvalue weighted by Crippen LogP contribution is -2.47. The molecule has 170 valence electrons. The zero-order valence-electron chi connectivity index (χ0n) is 18.4. The van der Waals surface area contributed by atoms with E-state index in [2.05, 4.69) is 16.7 Å². The van der Waals surface area contributed by atoms with Crippen molar-refractivity contribution in [3.05, 3.63) is 102 Å². The molecule has 0 aliphatic heterocycles. The van der Waals surface area contributed by atoms with Crippen LogP contribution in [0.25, 0.3) is 0 Å². The number of nitrogens with two attached hydrogens (primary N) is 1. The Balaban J connectivity index is 1.37. The van der Waals surface area contributed by atoms with Crippen molar-refractivity contribution < 1.29 is 14.3 Å². The summed E-state index contributed by atoms with van der Waals surface area (Å²) >= 11 is 0. The largest absolute Gasteiger partial charge is 0.493 e. The number of hydrogen-bond acceptors (Lipinski definition) is 4. The van der Waals surface area contributed by atoms with Crippen LogP contribution in [0, 0.1) is 0 Å². The van der Waals surface area contributed by atoms with Gasteiger partial charge in [-0.2, -0.15) is 0 Å². The van der Waals surface area contributed by atoms with Gasteiger partial charge in [-0.15, -0.1) is 0 Å². The van der Waals surface area contributed by atoms with Gasteiger partial charge < -0.3 is 21.1 Å². The molecule has 0 bridgehead atoms. The number of hydrogen-bond donors (Lipinski definition) is 3. The fourth-order valence-electron chi connectivity index (χ4n) is 3.74. The highest BCUT2D eigenvalue weighted by molar-refractivity contribution is 5.97. The molecule has 1 aliphatic rings. The smallest absolute Gasteiger partial charge is 0.251 e. The molecule has 1 aliphatic carbocycles. The molecule has 33 heavy (non-hydrogen) atoms. The predicted molar refractivity (Wildman–Crippen MR) is 128 cm³/mol. The highest BCUT2D eigenvalue weighted by atomic mass is 16.5. The second-order valence-electron chi connectivity index (χ2n) is 8.31. The third-order valence-electron chi connectivity index (χ3n) is 5.77. The van der Waals surface area contributed by atoms with Crippen LogP contribution in [0.15, 0.2) is 84.9 Å². The molecule has 4 N–H and O–H groups in total. The minimum absolute atomic E-state index is 0.228. The first-order chi connectivity index (χ1) is 16.1. The van der Waals surface area contributed by atoms with Gasteiger partial charge in [0.1, 0.15) is 11.8 Å². The first kappa shape index (κ1) is 22.6. The van der Waals surface area contributed by atoms with Crippen LogP contribution in [0.3, 0.4) is 0 Å². The Hall–Kier alpha value is -3.64. The Labute approximate surface area is 194 Å². The summed E-state index contributed by atoms with van der Waals surface area (Å²) in [4.78, 5) is 25.6. The van der Waals surface area contributed by atoms with Gasteiger partial charge in [-0.25, -0.2) is 0 Å². The van der Waals surface area contributed by atoms with Gasteiger partial charge in [-0.05, 0) is 41.8 Å². The van der Waals surface area contributed by atoms with E-state index < -0.39 is 6.04 Å². The highest BCUT2D eigenvalue weighted by Gasteiger charge is 2.34. The minimum atomic E-state index is -0.721. The van der Waals surface area contributed by atoms with Gasteiger partial charge in [0.05, 0.1) is 6.61 Å². The lowest BCUT2D eigenvalue weighted by atomic mass is 10.1. The molecule has 2 amide bonds. The minimum Gasteiger partial charge on any atom is -0.493 e. The molecule has 3 aromatic rings. The van der Waals surface area contributed by atoms with Gasteiger partial charge in [0, 0.05) is 30.5 Å². The maximum Gasteiger partial charge on any atom is 0.251 e. The molecule has 0 saturated heterocycles. The van der Waals surface area contributed by atoms with E-state index in [1.807, 2.05) is 54.6 Å². The average Bonchev–Trinajstić information content (AvgIpc) is 3.59. The lowest BCUT2D eigenvalue weighted by molar-refractivity contribution is -0.123. The number of benzene rings is 3. The second kappa shape index (κ2) is 10.8. The SMILES string of the molecule is N[C@@H]1C[C@H]1c1cccc(OCCC(NC(=O)c2ccccc2)C(=O)NCc2ccccc2)c1. The summed E-state index contributed by atoms with van der Waals surface area (Å²) in [6, 6.07) is 26.0. The highest BCUT2D eigenvalue weighted by Crippen LogP contribution is 2.39. The van der Waals surface area contributed by atoms with Gasteiger partial charge in [0.25, 0.3) is 5.91 Å². The predicted octanol–water partition coefficient (Wildman–Crippen LogP) is 3.39.